The number of rotatable bonds is 6. The number of amides is 3. The summed E-state index contributed by atoms with van der Waals surface area (Å²) in [4.78, 5) is 42.6. The second kappa shape index (κ2) is 8.92. The maximum absolute atomic E-state index is 12.5. The summed E-state index contributed by atoms with van der Waals surface area (Å²) in [6.45, 7) is 0.345. The molecule has 7 heteroatoms. The van der Waals surface area contributed by atoms with Crippen LogP contribution < -0.4 is 5.32 Å². The zero-order valence-corrected chi connectivity index (χ0v) is 16.9. The molecule has 150 valence electrons. The number of carbonyl (C=O) groups excluding carboxylic acids is 3. The van der Waals surface area contributed by atoms with Crippen molar-refractivity contribution in [2.45, 2.75) is 6.42 Å². The molecule has 6 nitrogen and oxygen atoms in total. The number of hydrogen-bond acceptors (Lipinski definition) is 5. The van der Waals surface area contributed by atoms with Crippen molar-refractivity contribution in [1.29, 1.82) is 0 Å². The Bertz CT molecular complexity index is 1140. The van der Waals surface area contributed by atoms with E-state index in [1.807, 2.05) is 48.5 Å². The van der Waals surface area contributed by atoms with E-state index < -0.39 is 0 Å². The molecule has 1 aliphatic heterocycles. The minimum Gasteiger partial charge on any atom is -0.354 e. The zero-order chi connectivity index (χ0) is 20.9. The summed E-state index contributed by atoms with van der Waals surface area (Å²) in [6, 6.07) is 17.4. The Morgan fingerprint density at radius 1 is 1.07 bits per heavy atom. The van der Waals surface area contributed by atoms with Gasteiger partial charge in [-0.05, 0) is 45.8 Å². The summed E-state index contributed by atoms with van der Waals surface area (Å²) in [6.07, 6.45) is 5.16. The van der Waals surface area contributed by atoms with Gasteiger partial charge >= 0.3 is 0 Å². The van der Waals surface area contributed by atoms with E-state index in [1.54, 1.807) is 24.5 Å². The van der Waals surface area contributed by atoms with Gasteiger partial charge in [-0.2, -0.15) is 0 Å². The van der Waals surface area contributed by atoms with Crippen molar-refractivity contribution in [3.8, 4) is 0 Å². The summed E-state index contributed by atoms with van der Waals surface area (Å²) >= 11 is 0.898. The van der Waals surface area contributed by atoms with Gasteiger partial charge in [-0.25, -0.2) is 0 Å². The first-order valence-electron chi connectivity index (χ1n) is 9.50. The van der Waals surface area contributed by atoms with Gasteiger partial charge in [0.2, 0.25) is 5.91 Å². The second-order valence-corrected chi connectivity index (χ2v) is 7.78. The van der Waals surface area contributed by atoms with Gasteiger partial charge in [0.25, 0.3) is 11.1 Å². The topological polar surface area (TPSA) is 79.4 Å². The lowest BCUT2D eigenvalue weighted by Gasteiger charge is -2.13. The fourth-order valence-corrected chi connectivity index (χ4v) is 4.16. The number of fused-ring (bicyclic) bond motifs is 1. The van der Waals surface area contributed by atoms with Crippen molar-refractivity contribution in [3.05, 3.63) is 83.0 Å². The highest BCUT2D eigenvalue weighted by Crippen LogP contribution is 2.31. The van der Waals surface area contributed by atoms with Crippen LogP contribution in [0.3, 0.4) is 0 Å². The van der Waals surface area contributed by atoms with Crippen LogP contribution in [-0.4, -0.2) is 40.0 Å². The van der Waals surface area contributed by atoms with Crippen LogP contribution in [-0.2, 0) is 16.0 Å². The van der Waals surface area contributed by atoms with Crippen molar-refractivity contribution < 1.29 is 14.4 Å². The molecule has 0 radical (unpaired) electrons. The molecule has 0 spiro atoms. The van der Waals surface area contributed by atoms with E-state index >= 15 is 0 Å². The Morgan fingerprint density at radius 2 is 1.90 bits per heavy atom. The third kappa shape index (κ3) is 4.41. The predicted molar refractivity (Wildman–Crippen MR) is 118 cm³/mol. The summed E-state index contributed by atoms with van der Waals surface area (Å²) in [5.41, 5.74) is 1.70. The Morgan fingerprint density at radius 3 is 2.73 bits per heavy atom. The normalized spacial score (nSPS) is 15.2. The number of pyridine rings is 1. The lowest BCUT2D eigenvalue weighted by molar-refractivity contribution is -0.124. The zero-order valence-electron chi connectivity index (χ0n) is 16.1. The average Bonchev–Trinajstić information content (AvgIpc) is 3.02. The molecule has 0 atom stereocenters. The highest BCUT2D eigenvalue weighted by Gasteiger charge is 2.34. The summed E-state index contributed by atoms with van der Waals surface area (Å²) < 4.78 is 0. The monoisotopic (exact) mass is 417 g/mol. The van der Waals surface area contributed by atoms with Gasteiger partial charge < -0.3 is 5.32 Å². The third-order valence-corrected chi connectivity index (χ3v) is 5.65. The first-order chi connectivity index (χ1) is 14.6. The van der Waals surface area contributed by atoms with E-state index in [2.05, 4.69) is 10.3 Å². The van der Waals surface area contributed by atoms with Crippen LogP contribution >= 0.6 is 11.8 Å². The average molecular weight is 417 g/mol. The molecule has 1 N–H and O–H groups in total. The molecular formula is C23H19N3O3S. The van der Waals surface area contributed by atoms with Crippen molar-refractivity contribution in [2.24, 2.45) is 0 Å². The predicted octanol–water partition coefficient (Wildman–Crippen LogP) is 3.63. The summed E-state index contributed by atoms with van der Waals surface area (Å²) in [5.74, 6) is -0.499. The Labute approximate surface area is 178 Å². The second-order valence-electron chi connectivity index (χ2n) is 6.78. The Hall–Kier alpha value is -3.45. The van der Waals surface area contributed by atoms with Crippen LogP contribution in [0.25, 0.3) is 16.8 Å². The number of nitrogens with one attached hydrogen (secondary N) is 1. The summed E-state index contributed by atoms with van der Waals surface area (Å²) in [7, 11) is 0. The SMILES string of the molecule is O=C(Cc1cccc2ccccc12)NCCN1C(=O)S/C(=C\c2cccnc2)C1=O. The van der Waals surface area contributed by atoms with Crippen molar-refractivity contribution in [2.75, 3.05) is 13.1 Å². The van der Waals surface area contributed by atoms with Crippen LogP contribution in [0.4, 0.5) is 4.79 Å². The third-order valence-electron chi connectivity index (χ3n) is 4.74. The van der Waals surface area contributed by atoms with E-state index in [4.69, 9.17) is 0 Å². The maximum atomic E-state index is 12.5. The van der Waals surface area contributed by atoms with Gasteiger partial charge in [-0.3, -0.25) is 24.3 Å². The van der Waals surface area contributed by atoms with Crippen LogP contribution in [0.2, 0.25) is 0 Å². The van der Waals surface area contributed by atoms with Gasteiger partial charge in [0.1, 0.15) is 0 Å². The molecule has 4 rings (SSSR count). The fourth-order valence-electron chi connectivity index (χ4n) is 3.29. The molecule has 0 saturated carbocycles. The lowest BCUT2D eigenvalue weighted by atomic mass is 10.0. The molecule has 2 heterocycles. The molecule has 0 aliphatic carbocycles. The van der Waals surface area contributed by atoms with E-state index in [0.29, 0.717) is 4.91 Å². The number of hydrogen-bond donors (Lipinski definition) is 1. The highest BCUT2D eigenvalue weighted by molar-refractivity contribution is 8.18. The van der Waals surface area contributed by atoms with Gasteiger partial charge in [0, 0.05) is 25.5 Å². The standard InChI is InChI=1S/C23H19N3O3S/c27-21(14-18-8-3-7-17-6-1-2-9-19(17)18)25-11-12-26-22(28)20(30-23(26)29)13-16-5-4-10-24-15-16/h1-10,13,15H,11-12,14H2,(H,25,27)/b20-13-. The van der Waals surface area contributed by atoms with E-state index in [9.17, 15) is 14.4 Å². The first kappa shape index (κ1) is 19.8. The minimum absolute atomic E-state index is 0.135. The van der Waals surface area contributed by atoms with Crippen molar-refractivity contribution in [3.63, 3.8) is 0 Å². The number of aromatic nitrogens is 1. The number of nitrogens with zero attached hydrogens (tertiary/aromatic N) is 2. The number of thioether (sulfide) groups is 1. The molecule has 3 aromatic rings. The lowest BCUT2D eigenvalue weighted by Crippen LogP contribution is -2.37. The molecule has 2 aromatic carbocycles. The van der Waals surface area contributed by atoms with Crippen molar-refractivity contribution >= 4 is 45.7 Å². The Kier molecular flexibility index (Phi) is 5.90. The molecule has 1 saturated heterocycles. The van der Waals surface area contributed by atoms with Crippen LogP contribution in [0.5, 0.6) is 0 Å². The van der Waals surface area contributed by atoms with E-state index in [0.717, 1.165) is 38.6 Å². The van der Waals surface area contributed by atoms with Gasteiger partial charge in [-0.1, -0.05) is 48.5 Å². The first-order valence-corrected chi connectivity index (χ1v) is 10.3. The molecule has 3 amide bonds. The smallest absolute Gasteiger partial charge is 0.293 e. The van der Waals surface area contributed by atoms with Gasteiger partial charge in [0.15, 0.2) is 0 Å². The van der Waals surface area contributed by atoms with Crippen LogP contribution in [0.1, 0.15) is 11.1 Å². The van der Waals surface area contributed by atoms with Crippen molar-refractivity contribution in [1.82, 2.24) is 15.2 Å². The highest BCUT2D eigenvalue weighted by atomic mass is 32.2. The Balaban J connectivity index is 1.34. The molecule has 1 aliphatic rings. The molecule has 0 bridgehead atoms. The number of imide groups is 1. The van der Waals surface area contributed by atoms with E-state index in [-0.39, 0.29) is 36.6 Å². The number of carbonyl (C=O) groups is 3. The fraction of sp³-hybridized carbons (Fsp3) is 0.130. The van der Waals surface area contributed by atoms with E-state index in [1.165, 1.54) is 0 Å². The van der Waals surface area contributed by atoms with Crippen LogP contribution in [0, 0.1) is 0 Å². The van der Waals surface area contributed by atoms with Gasteiger partial charge in [0.05, 0.1) is 11.3 Å². The maximum Gasteiger partial charge on any atom is 0.293 e. The van der Waals surface area contributed by atoms with Crippen LogP contribution in [0.15, 0.2) is 71.9 Å². The molecular weight excluding hydrogens is 398 g/mol. The minimum atomic E-state index is -0.350. The quantitative estimate of drug-likeness (QED) is 0.620. The summed E-state index contributed by atoms with van der Waals surface area (Å²) in [5, 5.41) is 4.60. The molecule has 30 heavy (non-hydrogen) atoms. The van der Waals surface area contributed by atoms with Gasteiger partial charge in [-0.15, -0.1) is 0 Å². The molecule has 0 unspecified atom stereocenters. The largest absolute Gasteiger partial charge is 0.354 e. The molecule has 1 fully saturated rings. The molecule has 1 aromatic heterocycles. The number of benzene rings is 2.